The molecule has 0 aromatic carbocycles. The van der Waals surface area contributed by atoms with Crippen LogP contribution >= 0.6 is 23.2 Å². The highest BCUT2D eigenvalue weighted by molar-refractivity contribution is 6.53. The predicted molar refractivity (Wildman–Crippen MR) is 48.7 cm³/mol. The summed E-state index contributed by atoms with van der Waals surface area (Å²) < 4.78 is 0. The second-order valence-corrected chi connectivity index (χ2v) is 3.25. The number of nitrogens with zero attached hydrogens (tertiary/aromatic N) is 1. The zero-order valence-electron chi connectivity index (χ0n) is 6.38. The van der Waals surface area contributed by atoms with E-state index in [1.54, 1.807) is 0 Å². The largest absolute Gasteiger partial charge is 0.291 e. The molecule has 0 aromatic heterocycles. The van der Waals surface area contributed by atoms with E-state index in [1.165, 1.54) is 6.21 Å². The number of alkyl halides is 1. The number of Topliss-reactive ketones (excluding diaryl/α,β-unsaturated/α-hetero) is 1. The molecule has 1 aliphatic heterocycles. The first-order valence-corrected chi connectivity index (χ1v) is 4.19. The van der Waals surface area contributed by atoms with Crippen molar-refractivity contribution in [2.45, 2.75) is 11.8 Å². The zero-order chi connectivity index (χ0) is 10.0. The van der Waals surface area contributed by atoms with Crippen LogP contribution in [0.4, 0.5) is 0 Å². The molecule has 6 heteroatoms. The third kappa shape index (κ3) is 2.29. The average molecular weight is 220 g/mol. The number of amides is 1. The minimum atomic E-state index is -0.864. The lowest BCUT2D eigenvalue weighted by Gasteiger charge is -2.10. The van der Waals surface area contributed by atoms with Crippen molar-refractivity contribution in [3.05, 3.63) is 10.7 Å². The van der Waals surface area contributed by atoms with Gasteiger partial charge in [-0.2, -0.15) is 0 Å². The molecule has 4 nitrogen and oxygen atoms in total. The van der Waals surface area contributed by atoms with Gasteiger partial charge >= 0.3 is 0 Å². The summed E-state index contributed by atoms with van der Waals surface area (Å²) in [5.41, 5.74) is 6.78. The van der Waals surface area contributed by atoms with Crippen LogP contribution in [0.3, 0.4) is 0 Å². The summed E-state index contributed by atoms with van der Waals surface area (Å²) in [7, 11) is 0. The lowest BCUT2D eigenvalue weighted by molar-refractivity contribution is -0.118. The topological polar surface area (TPSA) is 70.3 Å². The van der Waals surface area contributed by atoms with E-state index >= 15 is 0 Å². The van der Waals surface area contributed by atoms with Gasteiger partial charge in [-0.15, -0.1) is 11.6 Å². The minimum Gasteiger partial charge on any atom is -0.291 e. The molecule has 0 aliphatic carbocycles. The van der Waals surface area contributed by atoms with Crippen molar-refractivity contribution in [1.29, 1.82) is 0 Å². The number of ketones is 1. The van der Waals surface area contributed by atoms with E-state index in [0.717, 1.165) is 0 Å². The molecule has 0 spiro atoms. The Bertz CT molecular complexity index is 322. The van der Waals surface area contributed by atoms with Gasteiger partial charge in [0.2, 0.25) is 5.91 Å². The number of rotatable bonds is 2. The zero-order valence-corrected chi connectivity index (χ0v) is 7.89. The Morgan fingerprint density at radius 3 is 2.85 bits per heavy atom. The van der Waals surface area contributed by atoms with Crippen LogP contribution in [-0.4, -0.2) is 23.3 Å². The first-order chi connectivity index (χ1) is 6.02. The third-order valence-corrected chi connectivity index (χ3v) is 2.12. The highest BCUT2D eigenvalue weighted by Crippen LogP contribution is 2.22. The summed E-state index contributed by atoms with van der Waals surface area (Å²) in [5.74, 6) is -1.32. The summed E-state index contributed by atoms with van der Waals surface area (Å²) in [4.78, 5) is 25.2. The van der Waals surface area contributed by atoms with Crippen LogP contribution in [-0.2, 0) is 9.59 Å². The standard InChI is InChI=1S/C7H5Cl2N2O2/c8-3-2-11-4(1-5(10)12)6(9)7(3)13/h2-3,10H,1H2. The van der Waals surface area contributed by atoms with Crippen LogP contribution in [0.25, 0.3) is 0 Å². The molecule has 1 amide bonds. The van der Waals surface area contributed by atoms with E-state index in [4.69, 9.17) is 28.9 Å². The quantitative estimate of drug-likeness (QED) is 0.648. The number of carbonyl (C=O) groups is 2. The Balaban J connectivity index is 2.91. The first-order valence-electron chi connectivity index (χ1n) is 3.38. The molecule has 1 N–H and O–H groups in total. The van der Waals surface area contributed by atoms with E-state index in [1.807, 2.05) is 0 Å². The van der Waals surface area contributed by atoms with E-state index in [2.05, 4.69) is 4.99 Å². The fourth-order valence-corrected chi connectivity index (χ4v) is 1.27. The van der Waals surface area contributed by atoms with Crippen LogP contribution in [0.15, 0.2) is 15.7 Å². The van der Waals surface area contributed by atoms with Crippen molar-refractivity contribution in [3.63, 3.8) is 0 Å². The van der Waals surface area contributed by atoms with Gasteiger partial charge < -0.3 is 0 Å². The van der Waals surface area contributed by atoms with Crippen molar-refractivity contribution in [2.24, 2.45) is 4.99 Å². The number of allylic oxidation sites excluding steroid dienone is 1. The third-order valence-electron chi connectivity index (χ3n) is 1.41. The van der Waals surface area contributed by atoms with Gasteiger partial charge in [0.25, 0.3) is 0 Å². The maximum atomic E-state index is 11.1. The average Bonchev–Trinajstić information content (AvgIpc) is 2.06. The van der Waals surface area contributed by atoms with Gasteiger partial charge in [-0.25, -0.2) is 0 Å². The highest BCUT2D eigenvalue weighted by Gasteiger charge is 2.24. The van der Waals surface area contributed by atoms with Crippen LogP contribution in [0.5, 0.6) is 0 Å². The Morgan fingerprint density at radius 2 is 2.31 bits per heavy atom. The highest BCUT2D eigenvalue weighted by atomic mass is 35.5. The summed E-state index contributed by atoms with van der Waals surface area (Å²) >= 11 is 11.1. The Labute approximate surface area is 84.4 Å². The molecule has 1 unspecified atom stereocenters. The van der Waals surface area contributed by atoms with Crippen LogP contribution in [0.2, 0.25) is 0 Å². The van der Waals surface area contributed by atoms with E-state index in [9.17, 15) is 9.59 Å². The molecule has 13 heavy (non-hydrogen) atoms. The van der Waals surface area contributed by atoms with Gasteiger partial charge in [-0.1, -0.05) is 11.6 Å². The number of aliphatic imine (C=N–C) groups is 1. The number of hydrogen-bond donors (Lipinski definition) is 0. The second kappa shape index (κ2) is 3.89. The number of halogens is 2. The number of carbonyl (C=O) groups excluding carboxylic acids is 2. The van der Waals surface area contributed by atoms with Crippen molar-refractivity contribution in [2.75, 3.05) is 0 Å². The molecule has 0 saturated carbocycles. The summed E-state index contributed by atoms with van der Waals surface area (Å²) in [5, 5.41) is -1.01. The van der Waals surface area contributed by atoms with Gasteiger partial charge in [0, 0.05) is 6.21 Å². The number of hydrogen-bond acceptors (Lipinski definition) is 3. The Hall–Kier alpha value is -0.870. The van der Waals surface area contributed by atoms with Gasteiger partial charge in [0.1, 0.15) is 10.4 Å². The van der Waals surface area contributed by atoms with E-state index < -0.39 is 17.1 Å². The minimum absolute atomic E-state index is 0.114. The van der Waals surface area contributed by atoms with Gasteiger partial charge in [-0.05, 0) is 0 Å². The van der Waals surface area contributed by atoms with Crippen molar-refractivity contribution >= 4 is 41.1 Å². The fraction of sp³-hybridized carbons (Fsp3) is 0.286. The lowest BCUT2D eigenvalue weighted by atomic mass is 10.1. The SMILES string of the molecule is [NH]C(=O)CC1=C(Cl)C(=O)C(Cl)C=N1. The van der Waals surface area contributed by atoms with Crippen molar-refractivity contribution in [1.82, 2.24) is 5.73 Å². The van der Waals surface area contributed by atoms with Gasteiger partial charge in [-0.3, -0.25) is 20.3 Å². The molecular weight excluding hydrogens is 215 g/mol. The monoisotopic (exact) mass is 219 g/mol. The predicted octanol–water partition coefficient (Wildman–Crippen LogP) is 0.897. The molecule has 0 fully saturated rings. The summed E-state index contributed by atoms with van der Waals surface area (Å²) in [6, 6.07) is 0. The molecule has 1 radical (unpaired) electrons. The van der Waals surface area contributed by atoms with Crippen LogP contribution in [0, 0.1) is 0 Å². The molecule has 1 heterocycles. The molecule has 1 aliphatic rings. The Morgan fingerprint density at radius 1 is 1.69 bits per heavy atom. The molecular formula is C7H5Cl2N2O2. The second-order valence-electron chi connectivity index (χ2n) is 2.40. The van der Waals surface area contributed by atoms with Crippen LogP contribution < -0.4 is 5.73 Å². The fourth-order valence-electron chi connectivity index (χ4n) is 0.818. The molecule has 1 atom stereocenters. The molecule has 1 rings (SSSR count). The first kappa shape index (κ1) is 10.2. The van der Waals surface area contributed by atoms with Gasteiger partial charge in [0.05, 0.1) is 12.1 Å². The molecule has 0 bridgehead atoms. The lowest BCUT2D eigenvalue weighted by Crippen LogP contribution is -2.21. The smallest absolute Gasteiger partial charge is 0.244 e. The van der Waals surface area contributed by atoms with E-state index in [0.29, 0.717) is 0 Å². The normalized spacial score (nSPS) is 22.3. The molecule has 0 aromatic rings. The summed E-state index contributed by atoms with van der Waals surface area (Å²) in [6.45, 7) is 0. The number of nitrogens with one attached hydrogen (secondary N) is 1. The Kier molecular flexibility index (Phi) is 3.06. The maximum Gasteiger partial charge on any atom is 0.244 e. The maximum absolute atomic E-state index is 11.1. The molecule has 0 saturated heterocycles. The van der Waals surface area contributed by atoms with E-state index in [-0.39, 0.29) is 17.2 Å². The van der Waals surface area contributed by atoms with Gasteiger partial charge in [0.15, 0.2) is 5.78 Å². The van der Waals surface area contributed by atoms with Crippen molar-refractivity contribution in [3.8, 4) is 0 Å². The van der Waals surface area contributed by atoms with Crippen LogP contribution in [0.1, 0.15) is 6.42 Å². The molecule has 69 valence electrons. The van der Waals surface area contributed by atoms with Crippen molar-refractivity contribution < 1.29 is 9.59 Å². The summed E-state index contributed by atoms with van der Waals surface area (Å²) in [6.07, 6.45) is 0.943.